The second kappa shape index (κ2) is 6.81. The predicted molar refractivity (Wildman–Crippen MR) is 102 cm³/mol. The first-order valence-corrected chi connectivity index (χ1v) is 8.37. The number of aromatic nitrogens is 1. The van der Waals surface area contributed by atoms with E-state index in [-0.39, 0.29) is 5.91 Å². The zero-order valence-corrected chi connectivity index (χ0v) is 14.2. The molecule has 0 fully saturated rings. The number of benzene rings is 2. The molecule has 0 saturated carbocycles. The monoisotopic (exact) mass is 358 g/mol. The summed E-state index contributed by atoms with van der Waals surface area (Å²) >= 11 is 0. The summed E-state index contributed by atoms with van der Waals surface area (Å²) in [7, 11) is 0. The van der Waals surface area contributed by atoms with Gasteiger partial charge in [-0.2, -0.15) is 5.26 Å². The number of aromatic amines is 1. The van der Waals surface area contributed by atoms with Crippen molar-refractivity contribution in [3.63, 3.8) is 0 Å². The number of carbonyl (C=O) groups is 1. The fourth-order valence-corrected chi connectivity index (χ4v) is 3.04. The van der Waals surface area contributed by atoms with E-state index in [0.29, 0.717) is 23.2 Å². The molecule has 1 aliphatic heterocycles. The van der Waals surface area contributed by atoms with Gasteiger partial charge < -0.3 is 15.6 Å². The average molecular weight is 358 g/mol. The SMILES string of the molecule is N#Cc1cc(F)ccc1CNc1ccc2c(c1)C(=Cc1ccc[nH]1)C(=O)N2. The third-order valence-electron chi connectivity index (χ3n) is 4.40. The van der Waals surface area contributed by atoms with Gasteiger partial charge in [-0.05, 0) is 54.1 Å². The van der Waals surface area contributed by atoms with Gasteiger partial charge in [0.05, 0.1) is 17.2 Å². The van der Waals surface area contributed by atoms with Crippen LogP contribution >= 0.6 is 0 Å². The first kappa shape index (κ1) is 16.6. The van der Waals surface area contributed by atoms with Crippen LogP contribution in [0, 0.1) is 17.1 Å². The Labute approximate surface area is 155 Å². The van der Waals surface area contributed by atoms with Crippen LogP contribution in [0.5, 0.6) is 0 Å². The van der Waals surface area contributed by atoms with Gasteiger partial charge >= 0.3 is 0 Å². The molecule has 6 heteroatoms. The van der Waals surface area contributed by atoms with Gasteiger partial charge in [-0.1, -0.05) is 6.07 Å². The van der Waals surface area contributed by atoms with Crippen LogP contribution in [-0.4, -0.2) is 10.9 Å². The molecule has 2 aromatic carbocycles. The van der Waals surface area contributed by atoms with E-state index in [2.05, 4.69) is 15.6 Å². The number of amides is 1. The molecule has 5 nitrogen and oxygen atoms in total. The van der Waals surface area contributed by atoms with E-state index in [0.717, 1.165) is 22.6 Å². The Morgan fingerprint density at radius 3 is 2.85 bits per heavy atom. The van der Waals surface area contributed by atoms with Crippen molar-refractivity contribution in [2.45, 2.75) is 6.54 Å². The number of halogens is 1. The zero-order chi connectivity index (χ0) is 18.8. The van der Waals surface area contributed by atoms with Crippen molar-refractivity contribution in [2.75, 3.05) is 10.6 Å². The smallest absolute Gasteiger partial charge is 0.256 e. The number of fused-ring (bicyclic) bond motifs is 1. The molecule has 1 amide bonds. The van der Waals surface area contributed by atoms with Crippen LogP contribution < -0.4 is 10.6 Å². The summed E-state index contributed by atoms with van der Waals surface area (Å²) in [5.41, 5.74) is 4.79. The Morgan fingerprint density at radius 1 is 1.19 bits per heavy atom. The van der Waals surface area contributed by atoms with Crippen LogP contribution in [0.15, 0.2) is 54.7 Å². The normalized spacial score (nSPS) is 13.9. The number of carbonyl (C=O) groups excluding carboxylic acids is 1. The quantitative estimate of drug-likeness (QED) is 0.614. The maximum Gasteiger partial charge on any atom is 0.256 e. The number of hydrogen-bond donors (Lipinski definition) is 3. The number of hydrogen-bond acceptors (Lipinski definition) is 3. The molecule has 0 bridgehead atoms. The van der Waals surface area contributed by atoms with Gasteiger partial charge in [0, 0.05) is 35.4 Å². The minimum Gasteiger partial charge on any atom is -0.381 e. The lowest BCUT2D eigenvalue weighted by atomic mass is 10.0. The molecule has 4 rings (SSSR count). The first-order valence-electron chi connectivity index (χ1n) is 8.37. The van der Waals surface area contributed by atoms with Crippen molar-refractivity contribution in [2.24, 2.45) is 0 Å². The van der Waals surface area contributed by atoms with Crippen molar-refractivity contribution in [1.82, 2.24) is 4.98 Å². The predicted octanol–water partition coefficient (Wildman–Crippen LogP) is 4.13. The summed E-state index contributed by atoms with van der Waals surface area (Å²) in [6.45, 7) is 0.374. The molecule has 2 heterocycles. The minimum absolute atomic E-state index is 0.151. The number of nitrogens with one attached hydrogen (secondary N) is 3. The van der Waals surface area contributed by atoms with E-state index < -0.39 is 5.82 Å². The Bertz CT molecular complexity index is 1090. The molecule has 0 aliphatic carbocycles. The van der Waals surface area contributed by atoms with Crippen LogP contribution in [-0.2, 0) is 11.3 Å². The molecule has 0 spiro atoms. The van der Waals surface area contributed by atoms with Crippen LogP contribution in [0.1, 0.15) is 22.4 Å². The van der Waals surface area contributed by atoms with Gasteiger partial charge in [0.2, 0.25) is 0 Å². The van der Waals surface area contributed by atoms with Gasteiger partial charge in [-0.3, -0.25) is 4.79 Å². The second-order valence-corrected chi connectivity index (χ2v) is 6.16. The highest BCUT2D eigenvalue weighted by Gasteiger charge is 2.24. The van der Waals surface area contributed by atoms with Gasteiger partial charge in [-0.25, -0.2) is 4.39 Å². The fraction of sp³-hybridized carbons (Fsp3) is 0.0476. The van der Waals surface area contributed by atoms with Crippen LogP contribution in [0.3, 0.4) is 0 Å². The van der Waals surface area contributed by atoms with E-state index in [1.165, 1.54) is 12.1 Å². The summed E-state index contributed by atoms with van der Waals surface area (Å²) in [5.74, 6) is -0.585. The lowest BCUT2D eigenvalue weighted by molar-refractivity contribution is -0.110. The molecular weight excluding hydrogens is 343 g/mol. The van der Waals surface area contributed by atoms with Crippen molar-refractivity contribution in [1.29, 1.82) is 5.26 Å². The van der Waals surface area contributed by atoms with Crippen LogP contribution in [0.25, 0.3) is 11.6 Å². The molecule has 3 aromatic rings. The first-order chi connectivity index (χ1) is 13.1. The van der Waals surface area contributed by atoms with E-state index in [4.69, 9.17) is 5.26 Å². The molecule has 0 saturated heterocycles. The highest BCUT2D eigenvalue weighted by molar-refractivity contribution is 6.35. The summed E-state index contributed by atoms with van der Waals surface area (Å²) < 4.78 is 13.3. The molecular formula is C21H15FN4O. The number of nitrogens with zero attached hydrogens (tertiary/aromatic N) is 1. The van der Waals surface area contributed by atoms with E-state index in [1.54, 1.807) is 18.3 Å². The summed E-state index contributed by atoms with van der Waals surface area (Å²) in [6.07, 6.45) is 3.60. The maximum atomic E-state index is 13.3. The number of anilines is 2. The van der Waals surface area contributed by atoms with Crippen molar-refractivity contribution in [3.05, 3.63) is 82.9 Å². The Balaban J connectivity index is 1.60. The third kappa shape index (κ3) is 3.31. The molecule has 132 valence electrons. The van der Waals surface area contributed by atoms with Crippen molar-refractivity contribution in [3.8, 4) is 6.07 Å². The molecule has 1 aromatic heterocycles. The highest BCUT2D eigenvalue weighted by Crippen LogP contribution is 2.35. The summed E-state index contributed by atoms with van der Waals surface area (Å²) in [4.78, 5) is 15.3. The molecule has 0 atom stereocenters. The van der Waals surface area contributed by atoms with Gasteiger partial charge in [0.25, 0.3) is 5.91 Å². The van der Waals surface area contributed by atoms with Gasteiger partial charge in [0.1, 0.15) is 5.82 Å². The van der Waals surface area contributed by atoms with Crippen molar-refractivity contribution >= 4 is 28.9 Å². The minimum atomic E-state index is -0.434. The van der Waals surface area contributed by atoms with Crippen LogP contribution in [0.2, 0.25) is 0 Å². The topological polar surface area (TPSA) is 80.7 Å². The van der Waals surface area contributed by atoms with E-state index >= 15 is 0 Å². The number of nitriles is 1. The Kier molecular flexibility index (Phi) is 4.19. The van der Waals surface area contributed by atoms with Crippen molar-refractivity contribution < 1.29 is 9.18 Å². The number of rotatable bonds is 4. The molecule has 1 aliphatic rings. The second-order valence-electron chi connectivity index (χ2n) is 6.16. The zero-order valence-electron chi connectivity index (χ0n) is 14.2. The lowest BCUT2D eigenvalue weighted by Crippen LogP contribution is -2.03. The maximum absolute atomic E-state index is 13.3. The molecule has 0 radical (unpaired) electrons. The lowest BCUT2D eigenvalue weighted by Gasteiger charge is -2.10. The van der Waals surface area contributed by atoms with Crippen LogP contribution in [0.4, 0.5) is 15.8 Å². The Hall–Kier alpha value is -3.85. The van der Waals surface area contributed by atoms with Gasteiger partial charge in [0.15, 0.2) is 0 Å². The van der Waals surface area contributed by atoms with E-state index in [9.17, 15) is 9.18 Å². The summed E-state index contributed by atoms with van der Waals surface area (Å²) in [6, 6.07) is 15.5. The molecule has 27 heavy (non-hydrogen) atoms. The number of H-pyrrole nitrogens is 1. The van der Waals surface area contributed by atoms with E-state index in [1.807, 2.05) is 36.4 Å². The average Bonchev–Trinajstić information content (AvgIpc) is 3.29. The largest absolute Gasteiger partial charge is 0.381 e. The van der Waals surface area contributed by atoms with Gasteiger partial charge in [-0.15, -0.1) is 0 Å². The fourth-order valence-electron chi connectivity index (χ4n) is 3.04. The molecule has 0 unspecified atom stereocenters. The summed E-state index contributed by atoms with van der Waals surface area (Å²) in [5, 5.41) is 15.2. The molecule has 3 N–H and O–H groups in total. The standard InChI is InChI=1S/C21H15FN4O/c22-15-4-3-13(14(8-15)11-23)12-25-17-5-6-20-18(9-17)19(21(27)26-20)10-16-2-1-7-24-16/h1-10,24-25H,12H2,(H,26,27). The third-order valence-corrected chi connectivity index (χ3v) is 4.40. The Morgan fingerprint density at radius 2 is 2.07 bits per heavy atom. The highest BCUT2D eigenvalue weighted by atomic mass is 19.1.